The molecule has 0 N–H and O–H groups in total. The van der Waals surface area contributed by atoms with Gasteiger partial charge in [-0.3, -0.25) is 0 Å². The first-order chi connectivity index (χ1) is 10.7. The van der Waals surface area contributed by atoms with E-state index < -0.39 is 7.92 Å². The van der Waals surface area contributed by atoms with E-state index in [0.29, 0.717) is 12.2 Å². The Hall–Kier alpha value is -1.92. The van der Waals surface area contributed by atoms with Gasteiger partial charge in [0.2, 0.25) is 0 Å². The molecule has 0 saturated heterocycles. The van der Waals surface area contributed by atoms with Gasteiger partial charge in [0.25, 0.3) is 0 Å². The molecule has 0 unspecified atom stereocenters. The molecule has 0 bridgehead atoms. The van der Waals surface area contributed by atoms with Gasteiger partial charge in [0.05, 0.1) is 6.61 Å². The standard InChI is InChI=1S/C19H21O2P/c1-16(2)19(20)21-14-9-15-22(17-10-5-3-6-11-17)18-12-7-4-8-13-18/h3-8,10-13H,1,9,14-15H2,2H3. The minimum absolute atomic E-state index is 0.302. The summed E-state index contributed by atoms with van der Waals surface area (Å²) in [6.45, 7) is 5.71. The monoisotopic (exact) mass is 312 g/mol. The average molecular weight is 312 g/mol. The summed E-state index contributed by atoms with van der Waals surface area (Å²) in [7, 11) is -0.411. The van der Waals surface area contributed by atoms with Crippen molar-refractivity contribution in [2.24, 2.45) is 0 Å². The number of carbonyl (C=O) groups excluding carboxylic acids is 1. The van der Waals surface area contributed by atoms with Gasteiger partial charge in [0, 0.05) is 5.57 Å². The molecule has 0 fully saturated rings. The Morgan fingerprint density at radius 1 is 1.00 bits per heavy atom. The van der Waals surface area contributed by atoms with Gasteiger partial charge in [0.15, 0.2) is 0 Å². The molecule has 0 heterocycles. The molecule has 2 rings (SSSR count). The highest BCUT2D eigenvalue weighted by Gasteiger charge is 2.13. The molecule has 0 aliphatic carbocycles. The van der Waals surface area contributed by atoms with Crippen LogP contribution in [-0.2, 0) is 9.53 Å². The van der Waals surface area contributed by atoms with Gasteiger partial charge in [-0.05, 0) is 38.0 Å². The number of benzene rings is 2. The third-order valence-electron chi connectivity index (χ3n) is 3.24. The van der Waals surface area contributed by atoms with Crippen LogP contribution in [0.4, 0.5) is 0 Å². The van der Waals surface area contributed by atoms with Crippen molar-refractivity contribution in [3.8, 4) is 0 Å². The van der Waals surface area contributed by atoms with Crippen molar-refractivity contribution in [3.05, 3.63) is 72.8 Å². The van der Waals surface area contributed by atoms with E-state index in [2.05, 4.69) is 55.1 Å². The molecule has 0 aliphatic heterocycles. The van der Waals surface area contributed by atoms with E-state index in [-0.39, 0.29) is 5.97 Å². The Morgan fingerprint density at radius 3 is 1.95 bits per heavy atom. The van der Waals surface area contributed by atoms with E-state index in [0.717, 1.165) is 12.6 Å². The van der Waals surface area contributed by atoms with Crippen LogP contribution in [0, 0.1) is 0 Å². The maximum atomic E-state index is 11.4. The molecule has 2 nitrogen and oxygen atoms in total. The maximum Gasteiger partial charge on any atom is 0.333 e. The number of carbonyl (C=O) groups is 1. The normalized spacial score (nSPS) is 10.5. The van der Waals surface area contributed by atoms with E-state index in [1.54, 1.807) is 6.92 Å². The topological polar surface area (TPSA) is 26.3 Å². The molecule has 0 saturated carbocycles. The number of ether oxygens (including phenoxy) is 1. The third kappa shape index (κ3) is 4.82. The van der Waals surface area contributed by atoms with Crippen molar-refractivity contribution in [1.82, 2.24) is 0 Å². The van der Waals surface area contributed by atoms with Gasteiger partial charge in [-0.1, -0.05) is 67.2 Å². The summed E-state index contributed by atoms with van der Waals surface area (Å²) in [6, 6.07) is 21.1. The largest absolute Gasteiger partial charge is 0.462 e. The summed E-state index contributed by atoms with van der Waals surface area (Å²) in [5.41, 5.74) is 0.452. The zero-order valence-electron chi connectivity index (χ0n) is 12.9. The summed E-state index contributed by atoms with van der Waals surface area (Å²) in [5.74, 6) is -0.302. The van der Waals surface area contributed by atoms with Crippen LogP contribution >= 0.6 is 7.92 Å². The Bertz CT molecular complexity index is 568. The summed E-state index contributed by atoms with van der Waals surface area (Å²) < 4.78 is 5.20. The van der Waals surface area contributed by atoms with Crippen LogP contribution in [0.15, 0.2) is 72.8 Å². The smallest absolute Gasteiger partial charge is 0.333 e. The number of esters is 1. The molecule has 0 amide bonds. The first-order valence-corrected chi connectivity index (χ1v) is 8.91. The van der Waals surface area contributed by atoms with Gasteiger partial charge in [-0.2, -0.15) is 0 Å². The van der Waals surface area contributed by atoms with Crippen molar-refractivity contribution in [1.29, 1.82) is 0 Å². The highest BCUT2D eigenvalue weighted by Crippen LogP contribution is 2.33. The lowest BCUT2D eigenvalue weighted by Crippen LogP contribution is -2.15. The zero-order valence-corrected chi connectivity index (χ0v) is 13.8. The third-order valence-corrected chi connectivity index (χ3v) is 5.85. The minimum Gasteiger partial charge on any atom is -0.462 e. The fraction of sp³-hybridized carbons (Fsp3) is 0.211. The Labute approximate surface area is 133 Å². The SMILES string of the molecule is C=C(C)C(=O)OCCCP(c1ccccc1)c1ccccc1. The highest BCUT2D eigenvalue weighted by molar-refractivity contribution is 7.73. The van der Waals surface area contributed by atoms with E-state index in [1.165, 1.54) is 10.6 Å². The second-order valence-electron chi connectivity index (χ2n) is 5.09. The van der Waals surface area contributed by atoms with E-state index >= 15 is 0 Å². The van der Waals surface area contributed by atoms with E-state index in [9.17, 15) is 4.79 Å². The Morgan fingerprint density at radius 2 is 1.50 bits per heavy atom. The van der Waals surface area contributed by atoms with Crippen molar-refractivity contribution in [2.75, 3.05) is 12.8 Å². The lowest BCUT2D eigenvalue weighted by atomic mass is 10.4. The van der Waals surface area contributed by atoms with Crippen LogP contribution in [0.3, 0.4) is 0 Å². The van der Waals surface area contributed by atoms with Crippen molar-refractivity contribution < 1.29 is 9.53 Å². The average Bonchev–Trinajstić information content (AvgIpc) is 2.56. The fourth-order valence-corrected chi connectivity index (χ4v) is 4.46. The molecule has 0 aromatic heterocycles. The lowest BCUT2D eigenvalue weighted by Gasteiger charge is -2.18. The first-order valence-electron chi connectivity index (χ1n) is 7.39. The van der Waals surface area contributed by atoms with Crippen molar-refractivity contribution in [2.45, 2.75) is 13.3 Å². The number of rotatable bonds is 7. The zero-order chi connectivity index (χ0) is 15.8. The summed E-state index contributed by atoms with van der Waals surface area (Å²) >= 11 is 0. The predicted molar refractivity (Wildman–Crippen MR) is 94.3 cm³/mol. The van der Waals surface area contributed by atoms with Crippen LogP contribution in [0.2, 0.25) is 0 Å². The van der Waals surface area contributed by atoms with Crippen LogP contribution in [0.1, 0.15) is 13.3 Å². The maximum absolute atomic E-state index is 11.4. The van der Waals surface area contributed by atoms with Crippen molar-refractivity contribution in [3.63, 3.8) is 0 Å². The van der Waals surface area contributed by atoms with Gasteiger partial charge in [0.1, 0.15) is 0 Å². The molecule has 0 spiro atoms. The molecule has 22 heavy (non-hydrogen) atoms. The number of hydrogen-bond donors (Lipinski definition) is 0. The first kappa shape index (κ1) is 16.5. The number of hydrogen-bond acceptors (Lipinski definition) is 2. The van der Waals surface area contributed by atoms with Gasteiger partial charge < -0.3 is 4.74 Å². The molecule has 2 aromatic carbocycles. The van der Waals surface area contributed by atoms with Crippen LogP contribution in [0.25, 0.3) is 0 Å². The second kappa shape index (κ2) is 8.51. The van der Waals surface area contributed by atoms with Crippen LogP contribution in [0.5, 0.6) is 0 Å². The molecule has 0 atom stereocenters. The highest BCUT2D eigenvalue weighted by atomic mass is 31.1. The van der Waals surface area contributed by atoms with E-state index in [4.69, 9.17) is 4.74 Å². The van der Waals surface area contributed by atoms with Crippen LogP contribution in [-0.4, -0.2) is 18.7 Å². The molecule has 0 aliphatic rings. The fourth-order valence-electron chi connectivity index (χ4n) is 2.13. The molecule has 2 aromatic rings. The molecule has 3 heteroatoms. The Kier molecular flexibility index (Phi) is 6.36. The molecular formula is C19H21O2P. The minimum atomic E-state index is -0.411. The quantitative estimate of drug-likeness (QED) is 0.338. The molecule has 0 radical (unpaired) electrons. The summed E-state index contributed by atoms with van der Waals surface area (Å²) in [4.78, 5) is 11.4. The second-order valence-corrected chi connectivity index (χ2v) is 7.43. The molecule has 114 valence electrons. The van der Waals surface area contributed by atoms with Crippen LogP contribution < -0.4 is 10.6 Å². The predicted octanol–water partition coefficient (Wildman–Crippen LogP) is 3.63. The van der Waals surface area contributed by atoms with E-state index in [1.807, 2.05) is 12.1 Å². The van der Waals surface area contributed by atoms with Gasteiger partial charge in [-0.25, -0.2) is 4.79 Å². The van der Waals surface area contributed by atoms with Gasteiger partial charge in [-0.15, -0.1) is 0 Å². The molecular weight excluding hydrogens is 291 g/mol. The lowest BCUT2D eigenvalue weighted by molar-refractivity contribution is -0.138. The van der Waals surface area contributed by atoms with Crippen molar-refractivity contribution >= 4 is 24.5 Å². The summed E-state index contributed by atoms with van der Waals surface area (Å²) in [5, 5.41) is 2.71. The summed E-state index contributed by atoms with van der Waals surface area (Å²) in [6.07, 6.45) is 1.86. The Balaban J connectivity index is 2.01. The van der Waals surface area contributed by atoms with Gasteiger partial charge >= 0.3 is 5.97 Å².